The molecule has 2 amide bonds. The van der Waals surface area contributed by atoms with Gasteiger partial charge >= 0.3 is 12.0 Å². The van der Waals surface area contributed by atoms with Crippen LogP contribution in [0.5, 0.6) is 0 Å². The molecule has 1 fully saturated rings. The second-order valence-corrected chi connectivity index (χ2v) is 6.00. The number of thioether (sulfide) groups is 1. The van der Waals surface area contributed by atoms with Crippen LogP contribution in [0.3, 0.4) is 0 Å². The predicted molar refractivity (Wildman–Crippen MR) is 80.7 cm³/mol. The number of urea groups is 1. The number of aliphatic carboxylic acids is 1. The zero-order chi connectivity index (χ0) is 15.5. The molecule has 1 aromatic rings. The fourth-order valence-electron chi connectivity index (χ4n) is 2.08. The van der Waals surface area contributed by atoms with E-state index < -0.39 is 23.5 Å². The Morgan fingerprint density at radius 2 is 2.05 bits per heavy atom. The summed E-state index contributed by atoms with van der Waals surface area (Å²) >= 11 is 1.62. The summed E-state index contributed by atoms with van der Waals surface area (Å²) < 4.78 is 5.19. The minimum atomic E-state index is -1.10. The number of carbonyl (C=O) groups excluding carboxylic acids is 1. The van der Waals surface area contributed by atoms with E-state index in [2.05, 4.69) is 10.6 Å². The first-order chi connectivity index (χ1) is 9.95. The van der Waals surface area contributed by atoms with Gasteiger partial charge in [-0.1, -0.05) is 0 Å². The monoisotopic (exact) mass is 310 g/mol. The van der Waals surface area contributed by atoms with Gasteiger partial charge in [-0.3, -0.25) is 4.79 Å². The molecular formula is C14H18N2O4S. The van der Waals surface area contributed by atoms with Crippen LogP contribution in [0, 0.1) is 5.41 Å². The number of hydrogen-bond acceptors (Lipinski definition) is 4. The molecule has 1 aromatic carbocycles. The van der Waals surface area contributed by atoms with Crippen LogP contribution >= 0.6 is 11.8 Å². The first-order valence-electron chi connectivity index (χ1n) is 6.48. The third-order valence-electron chi connectivity index (χ3n) is 3.60. The highest BCUT2D eigenvalue weighted by molar-refractivity contribution is 7.98. The van der Waals surface area contributed by atoms with Gasteiger partial charge in [-0.2, -0.15) is 0 Å². The van der Waals surface area contributed by atoms with Crippen molar-refractivity contribution in [1.29, 1.82) is 0 Å². The van der Waals surface area contributed by atoms with Crippen molar-refractivity contribution in [1.82, 2.24) is 5.32 Å². The average molecular weight is 310 g/mol. The van der Waals surface area contributed by atoms with Crippen molar-refractivity contribution in [3.05, 3.63) is 24.3 Å². The van der Waals surface area contributed by atoms with Gasteiger partial charge in [-0.15, -0.1) is 11.8 Å². The van der Waals surface area contributed by atoms with Crippen molar-refractivity contribution in [2.75, 3.05) is 24.8 Å². The summed E-state index contributed by atoms with van der Waals surface area (Å²) in [6, 6.07) is 6.41. The van der Waals surface area contributed by atoms with E-state index in [1.807, 2.05) is 18.4 Å². The Kier molecular flexibility index (Phi) is 4.74. The smallest absolute Gasteiger partial charge is 0.319 e. The molecule has 0 radical (unpaired) electrons. The second kappa shape index (κ2) is 6.36. The zero-order valence-corrected chi connectivity index (χ0v) is 12.7. The van der Waals surface area contributed by atoms with Crippen LogP contribution in [0.15, 0.2) is 29.2 Å². The molecule has 0 aliphatic carbocycles. The van der Waals surface area contributed by atoms with Crippen LogP contribution in [0.25, 0.3) is 0 Å². The molecule has 0 bridgehead atoms. The Morgan fingerprint density at radius 1 is 1.38 bits per heavy atom. The van der Waals surface area contributed by atoms with Crippen LogP contribution in [0.2, 0.25) is 0 Å². The zero-order valence-electron chi connectivity index (χ0n) is 11.9. The largest absolute Gasteiger partial charge is 0.481 e. The van der Waals surface area contributed by atoms with Gasteiger partial charge < -0.3 is 20.5 Å². The molecule has 3 N–H and O–H groups in total. The first kappa shape index (κ1) is 15.7. The maximum atomic E-state index is 12.0. The lowest BCUT2D eigenvalue weighted by atomic mass is 9.85. The molecule has 1 saturated heterocycles. The van der Waals surface area contributed by atoms with Crippen molar-refractivity contribution >= 4 is 29.4 Å². The molecule has 2 atom stereocenters. The summed E-state index contributed by atoms with van der Waals surface area (Å²) in [6.45, 7) is 1.86. The molecular weight excluding hydrogens is 292 g/mol. The van der Waals surface area contributed by atoms with Crippen LogP contribution in [-0.2, 0) is 9.53 Å². The normalized spacial score (nSPS) is 24.6. The molecule has 6 nitrogen and oxygen atoms in total. The molecule has 21 heavy (non-hydrogen) atoms. The number of carboxylic acids is 1. The number of benzene rings is 1. The molecule has 7 heteroatoms. The fourth-order valence-corrected chi connectivity index (χ4v) is 2.49. The highest BCUT2D eigenvalue weighted by Crippen LogP contribution is 2.28. The van der Waals surface area contributed by atoms with E-state index in [0.29, 0.717) is 5.69 Å². The molecule has 0 saturated carbocycles. The van der Waals surface area contributed by atoms with E-state index in [9.17, 15) is 14.7 Å². The quantitative estimate of drug-likeness (QED) is 0.741. The Hall–Kier alpha value is -1.73. The summed E-state index contributed by atoms with van der Waals surface area (Å²) in [4.78, 5) is 24.3. The van der Waals surface area contributed by atoms with E-state index in [1.54, 1.807) is 30.8 Å². The number of ether oxygens (including phenoxy) is 1. The lowest BCUT2D eigenvalue weighted by molar-refractivity contribution is -0.148. The van der Waals surface area contributed by atoms with Crippen molar-refractivity contribution in [2.24, 2.45) is 5.41 Å². The molecule has 1 aliphatic heterocycles. The van der Waals surface area contributed by atoms with Crippen molar-refractivity contribution in [3.63, 3.8) is 0 Å². The summed E-state index contributed by atoms with van der Waals surface area (Å²) in [5.41, 5.74) is -0.443. The van der Waals surface area contributed by atoms with Crippen molar-refractivity contribution < 1.29 is 19.4 Å². The first-order valence-corrected chi connectivity index (χ1v) is 7.71. The second-order valence-electron chi connectivity index (χ2n) is 5.12. The van der Waals surface area contributed by atoms with Crippen molar-refractivity contribution in [3.8, 4) is 0 Å². The van der Waals surface area contributed by atoms with E-state index >= 15 is 0 Å². The van der Waals surface area contributed by atoms with Gasteiger partial charge in [0.1, 0.15) is 5.41 Å². The van der Waals surface area contributed by atoms with Gasteiger partial charge in [0.25, 0.3) is 0 Å². The number of amides is 2. The lowest BCUT2D eigenvalue weighted by Crippen LogP contribution is -2.50. The van der Waals surface area contributed by atoms with E-state index in [-0.39, 0.29) is 13.2 Å². The number of hydrogen-bond donors (Lipinski definition) is 3. The molecule has 0 spiro atoms. The number of anilines is 1. The SMILES string of the molecule is CSc1ccc(NC(=O)NC2COCC2(C)C(=O)O)cc1. The molecule has 1 heterocycles. The van der Waals surface area contributed by atoms with Crippen LogP contribution in [0.4, 0.5) is 10.5 Å². The minimum Gasteiger partial charge on any atom is -0.481 e. The third-order valence-corrected chi connectivity index (χ3v) is 4.34. The Balaban J connectivity index is 1.96. The minimum absolute atomic E-state index is 0.0930. The Labute approximate surface area is 127 Å². The highest BCUT2D eigenvalue weighted by Gasteiger charge is 2.47. The number of carboxylic acid groups (broad SMARTS) is 1. The van der Waals surface area contributed by atoms with Crippen molar-refractivity contribution in [2.45, 2.75) is 17.9 Å². The number of rotatable bonds is 4. The van der Waals surface area contributed by atoms with E-state index in [4.69, 9.17) is 4.74 Å². The van der Waals surface area contributed by atoms with Gasteiger partial charge in [0.2, 0.25) is 0 Å². The number of carbonyl (C=O) groups is 2. The molecule has 2 unspecified atom stereocenters. The molecule has 0 aromatic heterocycles. The van der Waals surface area contributed by atoms with Gasteiger partial charge in [-0.05, 0) is 37.4 Å². The highest BCUT2D eigenvalue weighted by atomic mass is 32.2. The molecule has 114 valence electrons. The van der Waals surface area contributed by atoms with Gasteiger partial charge in [0.05, 0.1) is 19.3 Å². The molecule has 1 aliphatic rings. The standard InChI is InChI=1S/C14H18N2O4S/c1-14(12(17)18)8-20-7-11(14)16-13(19)15-9-3-5-10(21-2)6-4-9/h3-6,11H,7-8H2,1-2H3,(H,17,18)(H2,15,16,19). The van der Waals surface area contributed by atoms with Gasteiger partial charge in [0.15, 0.2) is 0 Å². The number of nitrogens with one attached hydrogen (secondary N) is 2. The summed E-state index contributed by atoms with van der Waals surface area (Å²) in [5.74, 6) is -0.977. The molecule has 2 rings (SSSR count). The summed E-state index contributed by atoms with van der Waals surface area (Å²) in [7, 11) is 0. The van der Waals surface area contributed by atoms with Gasteiger partial charge in [-0.25, -0.2) is 4.79 Å². The van der Waals surface area contributed by atoms with E-state index in [1.165, 1.54) is 0 Å². The maximum Gasteiger partial charge on any atom is 0.319 e. The van der Waals surface area contributed by atoms with Crippen LogP contribution in [-0.4, -0.2) is 42.6 Å². The van der Waals surface area contributed by atoms with Crippen LogP contribution in [0.1, 0.15) is 6.92 Å². The Bertz CT molecular complexity index is 534. The summed E-state index contributed by atoms with van der Waals surface area (Å²) in [5, 5.41) is 14.6. The van der Waals surface area contributed by atoms with Crippen LogP contribution < -0.4 is 10.6 Å². The predicted octanol–water partition coefficient (Wildman–Crippen LogP) is 2.02. The average Bonchev–Trinajstić information content (AvgIpc) is 2.82. The maximum absolute atomic E-state index is 12.0. The Morgan fingerprint density at radius 3 is 2.62 bits per heavy atom. The third kappa shape index (κ3) is 3.48. The fraction of sp³-hybridized carbons (Fsp3) is 0.429. The topological polar surface area (TPSA) is 87.7 Å². The summed E-state index contributed by atoms with van der Waals surface area (Å²) in [6.07, 6.45) is 1.97. The van der Waals surface area contributed by atoms with E-state index in [0.717, 1.165) is 4.90 Å². The van der Waals surface area contributed by atoms with Gasteiger partial charge in [0, 0.05) is 10.6 Å². The lowest BCUT2D eigenvalue weighted by Gasteiger charge is -2.25.